The molecule has 1 heterocycles. The molecule has 0 atom stereocenters. The molecule has 5 heteroatoms. The first-order valence-electron chi connectivity index (χ1n) is 6.95. The fourth-order valence-electron chi connectivity index (χ4n) is 2.71. The Morgan fingerprint density at radius 3 is 2.80 bits per heavy atom. The Kier molecular flexibility index (Phi) is 4.16. The van der Waals surface area contributed by atoms with Crippen LogP contribution in [0.2, 0.25) is 0 Å². The molecule has 0 saturated carbocycles. The van der Waals surface area contributed by atoms with Crippen molar-refractivity contribution in [1.82, 2.24) is 0 Å². The highest BCUT2D eigenvalue weighted by Gasteiger charge is 2.24. The first kappa shape index (κ1) is 14.6. The van der Waals surface area contributed by atoms with Gasteiger partial charge in [0.25, 0.3) is 0 Å². The molecule has 0 spiro atoms. The fraction of sp³-hybridized carbons (Fsp3) is 0.533. The summed E-state index contributed by atoms with van der Waals surface area (Å²) < 4.78 is 13.4. The lowest BCUT2D eigenvalue weighted by Crippen LogP contribution is -2.28. The van der Waals surface area contributed by atoms with Gasteiger partial charge in [0.1, 0.15) is 5.82 Å². The molecule has 0 aliphatic carbocycles. The number of hydrogen-bond acceptors (Lipinski definition) is 3. The summed E-state index contributed by atoms with van der Waals surface area (Å²) in [6.45, 7) is 6.34. The molecular weight excluding hydrogens is 257 g/mol. The minimum absolute atomic E-state index is 0.0528. The lowest BCUT2D eigenvalue weighted by atomic mass is 9.85. The Morgan fingerprint density at radius 2 is 2.10 bits per heavy atom. The van der Waals surface area contributed by atoms with Crippen molar-refractivity contribution in [2.45, 2.75) is 33.1 Å². The van der Waals surface area contributed by atoms with E-state index < -0.39 is 0 Å². The van der Waals surface area contributed by atoms with Crippen LogP contribution in [0, 0.1) is 11.2 Å². The number of halogens is 1. The molecule has 20 heavy (non-hydrogen) atoms. The van der Waals surface area contributed by atoms with E-state index in [1.165, 1.54) is 18.6 Å². The number of hydrogen-bond donors (Lipinski definition) is 2. The number of oxime groups is 1. The van der Waals surface area contributed by atoms with Crippen LogP contribution in [0.15, 0.2) is 23.4 Å². The summed E-state index contributed by atoms with van der Waals surface area (Å²) in [5.41, 5.74) is 7.28. The number of nitrogens with zero attached hydrogens (tertiary/aromatic N) is 2. The predicted octanol–water partition coefficient (Wildman–Crippen LogP) is 2.94. The van der Waals surface area contributed by atoms with Gasteiger partial charge in [-0.2, -0.15) is 0 Å². The van der Waals surface area contributed by atoms with E-state index in [0.717, 1.165) is 31.6 Å². The van der Waals surface area contributed by atoms with E-state index in [1.807, 2.05) is 0 Å². The van der Waals surface area contributed by atoms with E-state index >= 15 is 0 Å². The van der Waals surface area contributed by atoms with Crippen LogP contribution in [-0.2, 0) is 0 Å². The Morgan fingerprint density at radius 1 is 1.35 bits per heavy atom. The van der Waals surface area contributed by atoms with Crippen molar-refractivity contribution in [2.24, 2.45) is 16.3 Å². The van der Waals surface area contributed by atoms with Gasteiger partial charge in [-0.3, -0.25) is 0 Å². The second-order valence-corrected chi connectivity index (χ2v) is 6.15. The smallest absolute Gasteiger partial charge is 0.172 e. The van der Waals surface area contributed by atoms with Crippen molar-refractivity contribution < 1.29 is 9.60 Å². The van der Waals surface area contributed by atoms with Gasteiger partial charge in [0.15, 0.2) is 5.84 Å². The summed E-state index contributed by atoms with van der Waals surface area (Å²) in [5, 5.41) is 11.9. The molecule has 4 nitrogen and oxygen atoms in total. The lowest BCUT2D eigenvalue weighted by Gasteiger charge is -2.26. The van der Waals surface area contributed by atoms with Crippen LogP contribution in [0.4, 0.5) is 10.1 Å². The van der Waals surface area contributed by atoms with Crippen LogP contribution >= 0.6 is 0 Å². The minimum Gasteiger partial charge on any atom is -0.409 e. The van der Waals surface area contributed by atoms with Gasteiger partial charge in [0.2, 0.25) is 0 Å². The van der Waals surface area contributed by atoms with E-state index in [1.54, 1.807) is 6.07 Å². The predicted molar refractivity (Wildman–Crippen MR) is 78.8 cm³/mol. The first-order valence-corrected chi connectivity index (χ1v) is 6.95. The van der Waals surface area contributed by atoms with Crippen molar-refractivity contribution >= 4 is 11.5 Å². The summed E-state index contributed by atoms with van der Waals surface area (Å²) in [6.07, 6.45) is 3.32. The third-order valence-electron chi connectivity index (χ3n) is 4.02. The molecule has 1 aliphatic heterocycles. The number of amidine groups is 1. The molecule has 1 aliphatic rings. The summed E-state index contributed by atoms with van der Waals surface area (Å²) in [6, 6.07) is 4.45. The molecular formula is C15H22FN3O. The van der Waals surface area contributed by atoms with Gasteiger partial charge in [-0.05, 0) is 42.9 Å². The van der Waals surface area contributed by atoms with E-state index in [4.69, 9.17) is 10.9 Å². The van der Waals surface area contributed by atoms with Crippen LogP contribution in [0.25, 0.3) is 0 Å². The molecule has 2 rings (SSSR count). The van der Waals surface area contributed by atoms with Crippen molar-refractivity contribution in [1.29, 1.82) is 0 Å². The summed E-state index contributed by atoms with van der Waals surface area (Å²) in [5.74, 6) is -0.437. The van der Waals surface area contributed by atoms with Crippen molar-refractivity contribution in [3.8, 4) is 0 Å². The zero-order chi connectivity index (χ0) is 14.8. The van der Waals surface area contributed by atoms with Crippen LogP contribution in [0.5, 0.6) is 0 Å². The molecule has 110 valence electrons. The maximum absolute atomic E-state index is 13.4. The van der Waals surface area contributed by atoms with Crippen LogP contribution in [0.3, 0.4) is 0 Å². The number of anilines is 1. The van der Waals surface area contributed by atoms with E-state index in [9.17, 15) is 4.39 Å². The Bertz CT molecular complexity index is 514. The van der Waals surface area contributed by atoms with E-state index in [2.05, 4.69) is 23.9 Å². The molecule has 1 aromatic carbocycles. The molecule has 1 fully saturated rings. The monoisotopic (exact) mass is 279 g/mol. The molecule has 0 radical (unpaired) electrons. The van der Waals surface area contributed by atoms with Gasteiger partial charge in [0, 0.05) is 24.3 Å². The average molecular weight is 279 g/mol. The van der Waals surface area contributed by atoms with Gasteiger partial charge < -0.3 is 15.8 Å². The lowest BCUT2D eigenvalue weighted by molar-refractivity contribution is 0.318. The second kappa shape index (κ2) is 5.69. The van der Waals surface area contributed by atoms with Crippen molar-refractivity contribution in [3.63, 3.8) is 0 Å². The average Bonchev–Trinajstić information content (AvgIpc) is 2.59. The van der Waals surface area contributed by atoms with Gasteiger partial charge >= 0.3 is 0 Å². The molecule has 1 saturated heterocycles. The van der Waals surface area contributed by atoms with E-state index in [-0.39, 0.29) is 11.7 Å². The zero-order valence-electron chi connectivity index (χ0n) is 12.1. The highest BCUT2D eigenvalue weighted by molar-refractivity contribution is 6.02. The fourth-order valence-corrected chi connectivity index (χ4v) is 2.71. The topological polar surface area (TPSA) is 61.8 Å². The van der Waals surface area contributed by atoms with Crippen molar-refractivity contribution in [3.05, 3.63) is 29.6 Å². The summed E-state index contributed by atoms with van der Waals surface area (Å²) >= 11 is 0. The second-order valence-electron chi connectivity index (χ2n) is 6.15. The van der Waals surface area contributed by atoms with E-state index in [0.29, 0.717) is 11.0 Å². The van der Waals surface area contributed by atoms with Gasteiger partial charge in [0.05, 0.1) is 0 Å². The summed E-state index contributed by atoms with van der Waals surface area (Å²) in [4.78, 5) is 2.20. The van der Waals surface area contributed by atoms with Gasteiger partial charge in [-0.25, -0.2) is 4.39 Å². The quantitative estimate of drug-likeness (QED) is 0.379. The standard InChI is InChI=1S/C15H22FN3O/c1-15(2)6-3-8-19(9-7-15)13-5-4-11(16)10-12(13)14(17)18-20/h4-5,10,20H,3,6-9H2,1-2H3,(H2,17,18). The molecule has 0 unspecified atom stereocenters. The number of rotatable bonds is 2. The SMILES string of the molecule is CC1(C)CCCN(c2ccc(F)cc2C(N)=NO)CC1. The van der Waals surface area contributed by atoms with Gasteiger partial charge in [-0.15, -0.1) is 0 Å². The number of nitrogens with two attached hydrogens (primary N) is 1. The maximum atomic E-state index is 13.4. The maximum Gasteiger partial charge on any atom is 0.172 e. The molecule has 0 amide bonds. The van der Waals surface area contributed by atoms with Crippen molar-refractivity contribution in [2.75, 3.05) is 18.0 Å². The molecule has 3 N–H and O–H groups in total. The molecule has 1 aromatic rings. The molecule has 0 bridgehead atoms. The third-order valence-corrected chi connectivity index (χ3v) is 4.02. The number of benzene rings is 1. The molecule has 0 aromatic heterocycles. The highest BCUT2D eigenvalue weighted by atomic mass is 19.1. The first-order chi connectivity index (χ1) is 9.43. The van der Waals surface area contributed by atoms with Crippen LogP contribution < -0.4 is 10.6 Å². The van der Waals surface area contributed by atoms with Gasteiger partial charge in [-0.1, -0.05) is 19.0 Å². The normalized spacial score (nSPS) is 19.8. The zero-order valence-corrected chi connectivity index (χ0v) is 12.1. The highest BCUT2D eigenvalue weighted by Crippen LogP contribution is 2.32. The third kappa shape index (κ3) is 3.21. The minimum atomic E-state index is -0.384. The largest absolute Gasteiger partial charge is 0.409 e. The Labute approximate surface area is 119 Å². The van der Waals surface area contributed by atoms with Crippen LogP contribution in [-0.4, -0.2) is 24.1 Å². The van der Waals surface area contributed by atoms with Crippen LogP contribution in [0.1, 0.15) is 38.7 Å². The Balaban J connectivity index is 2.32. The summed E-state index contributed by atoms with van der Waals surface area (Å²) in [7, 11) is 0. The Hall–Kier alpha value is -1.78.